The van der Waals surface area contributed by atoms with Crippen LogP contribution in [-0.2, 0) is 11.2 Å². The predicted molar refractivity (Wildman–Crippen MR) is 158 cm³/mol. The topological polar surface area (TPSA) is 78.0 Å². The Hall–Kier alpha value is -2.74. The summed E-state index contributed by atoms with van der Waals surface area (Å²) >= 11 is 12.6. The summed E-state index contributed by atoms with van der Waals surface area (Å²) in [5.74, 6) is 0.902. The molecule has 0 amide bonds. The molecule has 1 unspecified atom stereocenters. The van der Waals surface area contributed by atoms with Crippen molar-refractivity contribution >= 4 is 23.2 Å². The monoisotopic (exact) mass is 563 g/mol. The Bertz CT molecular complexity index is 1380. The number of pyridine rings is 1. The van der Waals surface area contributed by atoms with Gasteiger partial charge in [0.25, 0.3) is 0 Å². The zero-order valence-corrected chi connectivity index (χ0v) is 23.9. The van der Waals surface area contributed by atoms with Gasteiger partial charge in [-0.3, -0.25) is 10.3 Å². The summed E-state index contributed by atoms with van der Waals surface area (Å²) in [4.78, 5) is 4.29. The quantitative estimate of drug-likeness (QED) is 0.195. The Morgan fingerprint density at radius 2 is 1.90 bits per heavy atom. The van der Waals surface area contributed by atoms with Crippen molar-refractivity contribution in [2.75, 3.05) is 13.3 Å². The summed E-state index contributed by atoms with van der Waals surface area (Å²) < 4.78 is 7.80. The van der Waals surface area contributed by atoms with E-state index in [1.54, 1.807) is 6.20 Å². The number of benzene rings is 2. The van der Waals surface area contributed by atoms with Crippen LogP contribution in [0.15, 0.2) is 79.1 Å². The molecule has 0 bridgehead atoms. The van der Waals surface area contributed by atoms with Gasteiger partial charge in [-0.15, -0.1) is 0 Å². The average molecular weight is 565 g/mol. The minimum Gasteiger partial charge on any atom is -0.348 e. The fourth-order valence-corrected chi connectivity index (χ4v) is 5.98. The lowest BCUT2D eigenvalue weighted by Crippen LogP contribution is -2.46. The number of halogens is 2. The highest BCUT2D eigenvalue weighted by Crippen LogP contribution is 2.58. The van der Waals surface area contributed by atoms with Crippen molar-refractivity contribution in [2.24, 2.45) is 17.1 Å². The molecule has 204 valence electrons. The molecule has 5 rings (SSSR count). The fourth-order valence-electron chi connectivity index (χ4n) is 5.68. The molecular formula is C31H35Cl2N5O. The molecular weight excluding hydrogens is 529 g/mol. The smallest absolute Gasteiger partial charge is 0.113 e. The van der Waals surface area contributed by atoms with E-state index in [2.05, 4.69) is 42.3 Å². The number of rotatable bonds is 11. The van der Waals surface area contributed by atoms with Crippen LogP contribution in [-0.4, -0.2) is 34.3 Å². The van der Waals surface area contributed by atoms with Gasteiger partial charge >= 0.3 is 0 Å². The maximum absolute atomic E-state index is 6.39. The van der Waals surface area contributed by atoms with Gasteiger partial charge in [0, 0.05) is 36.0 Å². The third-order valence-corrected chi connectivity index (χ3v) is 8.83. The Morgan fingerprint density at radius 3 is 2.59 bits per heavy atom. The molecule has 39 heavy (non-hydrogen) atoms. The maximum Gasteiger partial charge on any atom is 0.113 e. The first-order chi connectivity index (χ1) is 18.9. The van der Waals surface area contributed by atoms with Crippen molar-refractivity contribution in [1.29, 1.82) is 0 Å². The summed E-state index contributed by atoms with van der Waals surface area (Å²) in [6.07, 6.45) is 6.44. The minimum absolute atomic E-state index is 0.0888. The van der Waals surface area contributed by atoms with Gasteiger partial charge in [-0.1, -0.05) is 67.4 Å². The van der Waals surface area contributed by atoms with E-state index in [-0.39, 0.29) is 18.4 Å². The summed E-state index contributed by atoms with van der Waals surface area (Å²) in [6.45, 7) is 5.78. The first-order valence-electron chi connectivity index (χ1n) is 13.4. The Balaban J connectivity index is 1.31. The number of nitrogens with one attached hydrogen (secondary N) is 1. The van der Waals surface area contributed by atoms with Crippen LogP contribution in [0.2, 0.25) is 10.0 Å². The number of nitrogens with two attached hydrogens (primary N) is 1. The Labute approximate surface area is 240 Å². The van der Waals surface area contributed by atoms with Gasteiger partial charge in [-0.2, -0.15) is 5.10 Å². The SMILES string of the molecule is CC1(C)[C@@H](CCNC(Cc2ccccc2)OCN)C[C@H]1c1cc(-c2cccnc2)nn1-c1ccc(Cl)c(Cl)c1. The zero-order chi connectivity index (χ0) is 27.4. The van der Waals surface area contributed by atoms with E-state index in [1.165, 1.54) is 11.3 Å². The summed E-state index contributed by atoms with van der Waals surface area (Å²) in [5, 5.41) is 9.62. The molecule has 1 fully saturated rings. The summed E-state index contributed by atoms with van der Waals surface area (Å²) in [5.41, 5.74) is 11.0. The number of hydrogen-bond donors (Lipinski definition) is 2. The van der Waals surface area contributed by atoms with Gasteiger partial charge in [-0.25, -0.2) is 4.68 Å². The molecule has 3 N–H and O–H groups in total. The second kappa shape index (κ2) is 12.2. The average Bonchev–Trinajstić information content (AvgIpc) is 3.37. The molecule has 3 atom stereocenters. The lowest BCUT2D eigenvalue weighted by atomic mass is 9.53. The molecule has 1 saturated carbocycles. The molecule has 2 aromatic carbocycles. The Morgan fingerprint density at radius 1 is 1.08 bits per heavy atom. The molecule has 4 aromatic rings. The number of aromatic nitrogens is 3. The minimum atomic E-state index is -0.102. The van der Waals surface area contributed by atoms with Crippen molar-refractivity contribution in [3.05, 3.63) is 100 Å². The third kappa shape index (κ3) is 6.21. The second-order valence-corrected chi connectivity index (χ2v) is 11.6. The van der Waals surface area contributed by atoms with Crippen LogP contribution in [0.5, 0.6) is 0 Å². The molecule has 6 nitrogen and oxygen atoms in total. The molecule has 2 heterocycles. The molecule has 0 saturated heterocycles. The van der Waals surface area contributed by atoms with E-state index >= 15 is 0 Å². The molecule has 8 heteroatoms. The standard InChI is InChI=1S/C31H35Cl2N5O/c1-31(2)23(12-14-36-30(39-20-34)15-21-7-4-3-5-8-21)16-25(31)29-18-28(22-9-6-13-35-19-22)37-38(29)24-10-11-26(32)27(33)17-24/h3-11,13,17-19,23,25,30,36H,12,14-16,20,34H2,1-2H3/t23-,25-,30?/m0/s1. The van der Waals surface area contributed by atoms with Crippen molar-refractivity contribution < 1.29 is 4.74 Å². The van der Waals surface area contributed by atoms with Crippen molar-refractivity contribution in [3.63, 3.8) is 0 Å². The number of ether oxygens (including phenoxy) is 1. The zero-order valence-electron chi connectivity index (χ0n) is 22.4. The van der Waals surface area contributed by atoms with Crippen LogP contribution in [0.3, 0.4) is 0 Å². The van der Waals surface area contributed by atoms with Crippen LogP contribution < -0.4 is 11.1 Å². The normalized spacial score (nSPS) is 19.0. The molecule has 0 radical (unpaired) electrons. The van der Waals surface area contributed by atoms with Gasteiger partial charge in [0.15, 0.2) is 0 Å². The van der Waals surface area contributed by atoms with Crippen LogP contribution in [0.4, 0.5) is 0 Å². The highest BCUT2D eigenvalue weighted by atomic mass is 35.5. The third-order valence-electron chi connectivity index (χ3n) is 8.10. The first kappa shape index (κ1) is 27.8. The van der Waals surface area contributed by atoms with E-state index in [9.17, 15) is 0 Å². The Kier molecular flexibility index (Phi) is 8.70. The van der Waals surface area contributed by atoms with Crippen molar-refractivity contribution in [2.45, 2.75) is 45.3 Å². The molecule has 1 aliphatic carbocycles. The largest absolute Gasteiger partial charge is 0.348 e. The lowest BCUT2D eigenvalue weighted by molar-refractivity contribution is 0.00815. The van der Waals surface area contributed by atoms with Crippen LogP contribution in [0.1, 0.15) is 43.9 Å². The van der Waals surface area contributed by atoms with Gasteiger partial charge < -0.3 is 10.5 Å². The lowest BCUT2D eigenvalue weighted by Gasteiger charge is -2.52. The van der Waals surface area contributed by atoms with Crippen LogP contribution in [0, 0.1) is 11.3 Å². The summed E-state index contributed by atoms with van der Waals surface area (Å²) in [6, 6.07) is 22.2. The number of hydrogen-bond acceptors (Lipinski definition) is 5. The van der Waals surface area contributed by atoms with E-state index in [4.69, 9.17) is 38.8 Å². The van der Waals surface area contributed by atoms with Crippen molar-refractivity contribution in [1.82, 2.24) is 20.1 Å². The molecule has 0 spiro atoms. The molecule has 0 aliphatic heterocycles. The fraction of sp³-hybridized carbons (Fsp3) is 0.355. The van der Waals surface area contributed by atoms with Gasteiger partial charge in [0.1, 0.15) is 6.23 Å². The summed E-state index contributed by atoms with van der Waals surface area (Å²) in [7, 11) is 0. The van der Waals surface area contributed by atoms with E-state index in [0.29, 0.717) is 21.9 Å². The predicted octanol–water partition coefficient (Wildman–Crippen LogP) is 6.85. The van der Waals surface area contributed by atoms with E-state index in [0.717, 1.165) is 42.8 Å². The molecule has 1 aliphatic rings. The first-order valence-corrected chi connectivity index (χ1v) is 14.2. The highest BCUT2D eigenvalue weighted by Gasteiger charge is 2.49. The maximum atomic E-state index is 6.39. The van der Waals surface area contributed by atoms with E-state index < -0.39 is 0 Å². The van der Waals surface area contributed by atoms with Crippen LogP contribution >= 0.6 is 23.2 Å². The van der Waals surface area contributed by atoms with Gasteiger partial charge in [-0.05, 0) is 72.7 Å². The number of nitrogens with zero attached hydrogens (tertiary/aromatic N) is 3. The second-order valence-electron chi connectivity index (χ2n) is 10.8. The van der Waals surface area contributed by atoms with Crippen molar-refractivity contribution in [3.8, 4) is 16.9 Å². The molecule has 2 aromatic heterocycles. The van der Waals surface area contributed by atoms with Crippen LogP contribution in [0.25, 0.3) is 16.9 Å². The van der Waals surface area contributed by atoms with Gasteiger partial charge in [0.05, 0.1) is 28.2 Å². The van der Waals surface area contributed by atoms with Gasteiger partial charge in [0.2, 0.25) is 0 Å². The van der Waals surface area contributed by atoms with E-state index in [1.807, 2.05) is 59.4 Å². The highest BCUT2D eigenvalue weighted by molar-refractivity contribution is 6.42.